The standard InChI is InChI=1S/C14H19NO4S/c1-14(19,9-20-2)8-15-12(16)7-10-3-5-11(6-4-10)13(17)18/h3-6,19H,7-9H2,1-2H3,(H,15,16)(H,17,18). The quantitative estimate of drug-likeness (QED) is 0.703. The van der Waals surface area contributed by atoms with Gasteiger partial charge in [-0.15, -0.1) is 0 Å². The van der Waals surface area contributed by atoms with Crippen LogP contribution in [0.5, 0.6) is 0 Å². The van der Waals surface area contributed by atoms with Crippen molar-refractivity contribution in [2.45, 2.75) is 18.9 Å². The van der Waals surface area contributed by atoms with E-state index in [0.717, 1.165) is 5.56 Å². The van der Waals surface area contributed by atoms with E-state index < -0.39 is 11.6 Å². The second-order valence-electron chi connectivity index (χ2n) is 4.89. The van der Waals surface area contributed by atoms with Gasteiger partial charge in [-0.2, -0.15) is 11.8 Å². The van der Waals surface area contributed by atoms with Gasteiger partial charge in [0.25, 0.3) is 0 Å². The molecule has 0 saturated heterocycles. The molecule has 0 heterocycles. The molecule has 1 atom stereocenters. The molecule has 20 heavy (non-hydrogen) atoms. The molecule has 0 fully saturated rings. The van der Waals surface area contributed by atoms with Crippen LogP contribution in [-0.4, -0.2) is 46.2 Å². The molecule has 1 aromatic rings. The number of amides is 1. The Balaban J connectivity index is 2.48. The Kier molecular flexibility index (Phi) is 6.04. The van der Waals surface area contributed by atoms with Gasteiger partial charge in [0.05, 0.1) is 17.6 Å². The largest absolute Gasteiger partial charge is 0.478 e. The fourth-order valence-electron chi connectivity index (χ4n) is 1.66. The van der Waals surface area contributed by atoms with E-state index in [1.807, 2.05) is 6.26 Å². The minimum atomic E-state index is -0.992. The summed E-state index contributed by atoms with van der Waals surface area (Å²) in [4.78, 5) is 22.4. The monoisotopic (exact) mass is 297 g/mol. The van der Waals surface area contributed by atoms with Crippen LogP contribution in [0.15, 0.2) is 24.3 Å². The summed E-state index contributed by atoms with van der Waals surface area (Å²) >= 11 is 1.51. The van der Waals surface area contributed by atoms with Crippen LogP contribution in [0.3, 0.4) is 0 Å². The zero-order chi connectivity index (χ0) is 15.2. The molecular formula is C14H19NO4S. The lowest BCUT2D eigenvalue weighted by Gasteiger charge is -2.22. The highest BCUT2D eigenvalue weighted by atomic mass is 32.2. The number of thioether (sulfide) groups is 1. The molecule has 0 saturated carbocycles. The molecule has 1 aromatic carbocycles. The van der Waals surface area contributed by atoms with E-state index in [9.17, 15) is 14.7 Å². The van der Waals surface area contributed by atoms with Gasteiger partial charge in [-0.05, 0) is 30.9 Å². The minimum absolute atomic E-state index is 0.162. The lowest BCUT2D eigenvalue weighted by Crippen LogP contribution is -2.42. The number of hydrogen-bond donors (Lipinski definition) is 3. The molecule has 0 aliphatic rings. The Morgan fingerprint density at radius 2 is 1.90 bits per heavy atom. The highest BCUT2D eigenvalue weighted by Gasteiger charge is 2.20. The molecule has 0 aromatic heterocycles. The summed E-state index contributed by atoms with van der Waals surface area (Å²) in [5.74, 6) is -0.649. The summed E-state index contributed by atoms with van der Waals surface area (Å²) in [6.45, 7) is 1.87. The molecule has 3 N–H and O–H groups in total. The SMILES string of the molecule is CSCC(C)(O)CNC(=O)Cc1ccc(C(=O)O)cc1. The average molecular weight is 297 g/mol. The van der Waals surface area contributed by atoms with Gasteiger partial charge in [-0.1, -0.05) is 12.1 Å². The number of nitrogens with one attached hydrogen (secondary N) is 1. The number of carboxylic acid groups (broad SMARTS) is 1. The van der Waals surface area contributed by atoms with Crippen molar-refractivity contribution in [1.82, 2.24) is 5.32 Å². The number of hydrogen-bond acceptors (Lipinski definition) is 4. The van der Waals surface area contributed by atoms with E-state index in [2.05, 4.69) is 5.32 Å². The third-order valence-corrected chi connectivity index (χ3v) is 3.60. The van der Waals surface area contributed by atoms with Gasteiger partial charge in [0.2, 0.25) is 5.91 Å². The first-order valence-corrected chi connectivity index (χ1v) is 7.54. The van der Waals surface area contributed by atoms with E-state index in [4.69, 9.17) is 5.11 Å². The predicted octanol–water partition coefficient (Wildman–Crippen LogP) is 1.16. The van der Waals surface area contributed by atoms with Crippen LogP contribution < -0.4 is 5.32 Å². The van der Waals surface area contributed by atoms with E-state index in [0.29, 0.717) is 5.75 Å². The minimum Gasteiger partial charge on any atom is -0.478 e. The number of aliphatic hydroxyl groups is 1. The number of carboxylic acids is 1. The molecule has 0 aliphatic carbocycles. The first kappa shape index (κ1) is 16.5. The normalized spacial score (nSPS) is 13.6. The van der Waals surface area contributed by atoms with Crippen molar-refractivity contribution in [3.8, 4) is 0 Å². The van der Waals surface area contributed by atoms with Crippen LogP contribution in [0.1, 0.15) is 22.8 Å². The fourth-order valence-corrected chi connectivity index (χ4v) is 2.39. The topological polar surface area (TPSA) is 86.6 Å². The number of rotatable bonds is 7. The molecule has 1 amide bonds. The summed E-state index contributed by atoms with van der Waals surface area (Å²) in [6, 6.07) is 6.16. The molecule has 110 valence electrons. The number of carbonyl (C=O) groups is 2. The summed E-state index contributed by atoms with van der Waals surface area (Å²) < 4.78 is 0. The number of aromatic carboxylic acids is 1. The lowest BCUT2D eigenvalue weighted by atomic mass is 10.1. The van der Waals surface area contributed by atoms with Gasteiger partial charge in [0.1, 0.15) is 0 Å². The van der Waals surface area contributed by atoms with Crippen LogP contribution >= 0.6 is 11.8 Å². The molecule has 6 heteroatoms. The summed E-state index contributed by atoms with van der Waals surface area (Å²) in [7, 11) is 0. The zero-order valence-electron chi connectivity index (χ0n) is 11.5. The predicted molar refractivity (Wildman–Crippen MR) is 79.1 cm³/mol. The van der Waals surface area contributed by atoms with Crippen molar-refractivity contribution in [2.24, 2.45) is 0 Å². The Labute approximate surface area is 122 Å². The maximum absolute atomic E-state index is 11.7. The summed E-state index contributed by atoms with van der Waals surface area (Å²) in [6.07, 6.45) is 2.05. The smallest absolute Gasteiger partial charge is 0.335 e. The van der Waals surface area contributed by atoms with Crippen molar-refractivity contribution in [2.75, 3.05) is 18.6 Å². The average Bonchev–Trinajstić information content (AvgIpc) is 2.37. The Bertz CT molecular complexity index is 471. The van der Waals surface area contributed by atoms with E-state index in [1.54, 1.807) is 19.1 Å². The Morgan fingerprint density at radius 3 is 2.40 bits per heavy atom. The van der Waals surface area contributed by atoms with Crippen molar-refractivity contribution < 1.29 is 19.8 Å². The van der Waals surface area contributed by atoms with Crippen molar-refractivity contribution in [3.63, 3.8) is 0 Å². The van der Waals surface area contributed by atoms with Crippen LogP contribution in [0.2, 0.25) is 0 Å². The fraction of sp³-hybridized carbons (Fsp3) is 0.429. The molecule has 1 rings (SSSR count). The summed E-state index contributed by atoms with van der Waals surface area (Å²) in [5, 5.41) is 21.4. The highest BCUT2D eigenvalue weighted by molar-refractivity contribution is 7.98. The van der Waals surface area contributed by atoms with Crippen molar-refractivity contribution in [3.05, 3.63) is 35.4 Å². The Morgan fingerprint density at radius 1 is 1.30 bits per heavy atom. The highest BCUT2D eigenvalue weighted by Crippen LogP contribution is 2.09. The lowest BCUT2D eigenvalue weighted by molar-refractivity contribution is -0.121. The van der Waals surface area contributed by atoms with E-state index in [1.165, 1.54) is 23.9 Å². The zero-order valence-corrected chi connectivity index (χ0v) is 12.4. The van der Waals surface area contributed by atoms with Gasteiger partial charge >= 0.3 is 5.97 Å². The van der Waals surface area contributed by atoms with Crippen LogP contribution in [-0.2, 0) is 11.2 Å². The molecule has 0 bridgehead atoms. The number of benzene rings is 1. The van der Waals surface area contributed by atoms with Gasteiger partial charge in [-0.3, -0.25) is 4.79 Å². The van der Waals surface area contributed by atoms with Crippen LogP contribution in [0, 0.1) is 0 Å². The van der Waals surface area contributed by atoms with Gasteiger partial charge in [0.15, 0.2) is 0 Å². The maximum Gasteiger partial charge on any atom is 0.335 e. The second kappa shape index (κ2) is 7.31. The molecule has 0 radical (unpaired) electrons. The maximum atomic E-state index is 11.7. The van der Waals surface area contributed by atoms with Crippen molar-refractivity contribution in [1.29, 1.82) is 0 Å². The van der Waals surface area contributed by atoms with E-state index in [-0.39, 0.29) is 24.4 Å². The van der Waals surface area contributed by atoms with Crippen molar-refractivity contribution >= 4 is 23.6 Å². The summed E-state index contributed by atoms with van der Waals surface area (Å²) in [5.41, 5.74) is -0.00327. The van der Waals surface area contributed by atoms with Gasteiger partial charge in [0, 0.05) is 12.3 Å². The van der Waals surface area contributed by atoms with Crippen LogP contribution in [0.25, 0.3) is 0 Å². The Hall–Kier alpha value is -1.53. The molecule has 5 nitrogen and oxygen atoms in total. The number of carbonyl (C=O) groups excluding carboxylic acids is 1. The van der Waals surface area contributed by atoms with Crippen LogP contribution in [0.4, 0.5) is 0 Å². The first-order chi connectivity index (χ1) is 9.34. The third kappa shape index (κ3) is 5.63. The third-order valence-electron chi connectivity index (χ3n) is 2.69. The second-order valence-corrected chi connectivity index (χ2v) is 5.75. The molecular weight excluding hydrogens is 278 g/mol. The molecule has 0 spiro atoms. The van der Waals surface area contributed by atoms with E-state index >= 15 is 0 Å². The first-order valence-electron chi connectivity index (χ1n) is 6.14. The van der Waals surface area contributed by atoms with Gasteiger partial charge < -0.3 is 15.5 Å². The molecule has 1 unspecified atom stereocenters. The van der Waals surface area contributed by atoms with Gasteiger partial charge in [-0.25, -0.2) is 4.79 Å². The molecule has 0 aliphatic heterocycles.